The van der Waals surface area contributed by atoms with Gasteiger partial charge in [-0.05, 0) is 235 Å². The third-order valence-electron chi connectivity index (χ3n) is 22.9. The molecule has 0 aromatic heterocycles. The number of hydrogen-bond acceptors (Lipinski definition) is 4. The van der Waals surface area contributed by atoms with Crippen LogP contribution in [-0.2, 0) is 21.7 Å². The quantitative estimate of drug-likeness (QED) is 0.0637. The Kier molecular flexibility index (Phi) is 19.8. The molecule has 0 saturated carbocycles. The minimum atomic E-state index is -0.747. The third kappa shape index (κ3) is 13.4. The summed E-state index contributed by atoms with van der Waals surface area (Å²) in [6.45, 7) is 38.1. The molecule has 0 fully saturated rings. The first-order valence-electron chi connectivity index (χ1n) is 37.7. The van der Waals surface area contributed by atoms with Crippen LogP contribution in [0.3, 0.4) is 0 Å². The second-order valence-electron chi connectivity index (χ2n) is 31.9. The monoisotopic (exact) mass is 1330 g/mol. The van der Waals surface area contributed by atoms with Gasteiger partial charge in [0.05, 0.1) is 18.6 Å². The minimum absolute atomic E-state index is 0.0101. The maximum absolute atomic E-state index is 7.04. The van der Waals surface area contributed by atoms with Gasteiger partial charge in [-0.25, -0.2) is 0 Å². The van der Waals surface area contributed by atoms with Gasteiger partial charge >= 0.3 is 0 Å². The standard InChI is InChI=1S/C97H106N2O2/c1-17-64(5)61-96(69(10)20-4)88-24-22-21-23-84(88)85-55-39-76(59-89(85)96)97(77-40-56-92(100-62-65(6)18-2)93(60-77)101-63-66(7)19-3)90-57-68(9)27-53-86(90)87-54-34-73(58-91(87)97)72-32-47-81(48-33-72)99(83-51-37-75(38-52-83)95(14,15)16)80-45-30-71(31-46-80)70-28-43-79(44-29-70)98(78-41-25-67(8)26-42-78)82-49-35-74(36-50-82)94(11,12)13/h21-60,64-66,69H,17-20,61-63H2,1-16H3. The minimum Gasteiger partial charge on any atom is -0.489 e. The number of ether oxygens (including phenoxy) is 2. The number of anilines is 6. The molecule has 2 aliphatic rings. The van der Waals surface area contributed by atoms with E-state index in [9.17, 15) is 0 Å². The summed E-state index contributed by atoms with van der Waals surface area (Å²) in [6.07, 6.45) is 5.36. The van der Waals surface area contributed by atoms with Crippen molar-refractivity contribution >= 4 is 34.1 Å². The highest BCUT2D eigenvalue weighted by atomic mass is 16.5. The second-order valence-corrected chi connectivity index (χ2v) is 31.9. The van der Waals surface area contributed by atoms with Crippen LogP contribution in [0.25, 0.3) is 44.5 Å². The molecular formula is C97H106N2O2. The van der Waals surface area contributed by atoms with Crippen LogP contribution in [0.5, 0.6) is 11.5 Å². The zero-order valence-corrected chi connectivity index (χ0v) is 63.1. The first kappa shape index (κ1) is 70.1. The number of rotatable bonds is 23. The van der Waals surface area contributed by atoms with Crippen LogP contribution in [0.4, 0.5) is 34.1 Å². The van der Waals surface area contributed by atoms with Crippen molar-refractivity contribution in [3.05, 3.63) is 298 Å². The lowest BCUT2D eigenvalue weighted by molar-refractivity contribution is 0.217. The summed E-state index contributed by atoms with van der Waals surface area (Å²) < 4.78 is 13.8. The molecule has 0 spiro atoms. The molecule has 13 rings (SSSR count). The van der Waals surface area contributed by atoms with Gasteiger partial charge in [-0.1, -0.05) is 285 Å². The molecule has 4 heteroatoms. The molecule has 516 valence electrons. The Morgan fingerprint density at radius 1 is 0.337 bits per heavy atom. The highest BCUT2D eigenvalue weighted by Gasteiger charge is 2.51. The lowest BCUT2D eigenvalue weighted by atomic mass is 9.62. The molecule has 0 amide bonds. The Morgan fingerprint density at radius 3 is 1.22 bits per heavy atom. The lowest BCUT2D eigenvalue weighted by Gasteiger charge is -2.41. The summed E-state index contributed by atoms with van der Waals surface area (Å²) in [5, 5.41) is 0. The van der Waals surface area contributed by atoms with Crippen molar-refractivity contribution in [1.29, 1.82) is 0 Å². The highest BCUT2D eigenvalue weighted by Crippen LogP contribution is 2.62. The molecule has 11 aromatic carbocycles. The van der Waals surface area contributed by atoms with Gasteiger partial charge in [-0.3, -0.25) is 0 Å². The molecule has 6 unspecified atom stereocenters. The van der Waals surface area contributed by atoms with Gasteiger partial charge in [-0.15, -0.1) is 0 Å². The molecule has 0 N–H and O–H groups in total. The van der Waals surface area contributed by atoms with Crippen molar-refractivity contribution in [2.45, 2.75) is 165 Å². The smallest absolute Gasteiger partial charge is 0.161 e. The molecule has 0 radical (unpaired) electrons. The Balaban J connectivity index is 0.927. The molecule has 4 nitrogen and oxygen atoms in total. The normalized spacial score (nSPS) is 16.5. The Hall–Kier alpha value is -9.38. The van der Waals surface area contributed by atoms with Crippen LogP contribution in [0, 0.1) is 37.5 Å². The van der Waals surface area contributed by atoms with Crippen LogP contribution in [-0.4, -0.2) is 13.2 Å². The fourth-order valence-electron chi connectivity index (χ4n) is 15.9. The highest BCUT2D eigenvalue weighted by molar-refractivity contribution is 5.91. The van der Waals surface area contributed by atoms with Gasteiger partial charge < -0.3 is 19.3 Å². The van der Waals surface area contributed by atoms with Gasteiger partial charge in [0, 0.05) is 39.5 Å². The number of benzene rings is 11. The number of fused-ring (bicyclic) bond motifs is 6. The van der Waals surface area contributed by atoms with Crippen LogP contribution in [0.15, 0.2) is 243 Å². The average Bonchev–Trinajstić information content (AvgIpc) is 1.54. The first-order valence-corrected chi connectivity index (χ1v) is 37.7. The molecule has 0 heterocycles. The van der Waals surface area contributed by atoms with Gasteiger partial charge in [0.25, 0.3) is 0 Å². The molecule has 0 bridgehead atoms. The summed E-state index contributed by atoms with van der Waals surface area (Å²) in [5.74, 6) is 3.32. The van der Waals surface area contributed by atoms with E-state index in [2.05, 4.69) is 363 Å². The summed E-state index contributed by atoms with van der Waals surface area (Å²) >= 11 is 0. The van der Waals surface area contributed by atoms with Gasteiger partial charge in [0.15, 0.2) is 11.5 Å². The fourth-order valence-corrected chi connectivity index (χ4v) is 15.9. The summed E-state index contributed by atoms with van der Waals surface area (Å²) in [7, 11) is 0. The Labute approximate surface area is 605 Å². The van der Waals surface area contributed by atoms with Gasteiger partial charge in [0.2, 0.25) is 0 Å². The maximum atomic E-state index is 7.04. The van der Waals surface area contributed by atoms with E-state index >= 15 is 0 Å². The maximum Gasteiger partial charge on any atom is 0.161 e. The first-order chi connectivity index (χ1) is 48.6. The number of nitrogens with zero attached hydrogens (tertiary/aromatic N) is 2. The fraction of sp³-hybridized carbons (Fsp3) is 0.320. The lowest BCUT2D eigenvalue weighted by Crippen LogP contribution is -2.36. The van der Waals surface area contributed by atoms with Crippen molar-refractivity contribution in [3.63, 3.8) is 0 Å². The predicted molar refractivity (Wildman–Crippen MR) is 431 cm³/mol. The van der Waals surface area contributed by atoms with Crippen LogP contribution >= 0.6 is 0 Å². The van der Waals surface area contributed by atoms with E-state index in [0.29, 0.717) is 36.9 Å². The summed E-state index contributed by atoms with van der Waals surface area (Å²) in [5.41, 5.74) is 28.8. The molecule has 0 saturated heterocycles. The molecule has 11 aromatic rings. The average molecular weight is 1330 g/mol. The van der Waals surface area contributed by atoms with Crippen LogP contribution < -0.4 is 19.3 Å². The van der Waals surface area contributed by atoms with E-state index in [1.165, 1.54) is 83.5 Å². The van der Waals surface area contributed by atoms with E-state index in [-0.39, 0.29) is 16.2 Å². The molecular weight excluding hydrogens is 1230 g/mol. The molecule has 6 atom stereocenters. The van der Waals surface area contributed by atoms with Gasteiger partial charge in [0.1, 0.15) is 0 Å². The van der Waals surface area contributed by atoms with E-state index in [4.69, 9.17) is 9.47 Å². The summed E-state index contributed by atoms with van der Waals surface area (Å²) in [4.78, 5) is 4.76. The van der Waals surface area contributed by atoms with E-state index in [0.717, 1.165) is 94.4 Å². The van der Waals surface area contributed by atoms with E-state index in [1.807, 2.05) is 0 Å². The van der Waals surface area contributed by atoms with Crippen LogP contribution in [0.1, 0.15) is 185 Å². The largest absolute Gasteiger partial charge is 0.489 e. The third-order valence-corrected chi connectivity index (χ3v) is 22.9. The van der Waals surface area contributed by atoms with Gasteiger partial charge in [-0.2, -0.15) is 0 Å². The second kappa shape index (κ2) is 28.6. The SMILES string of the molecule is CCC(C)COc1ccc(C2(c3ccc4c(c3)C(CC(C)CC)(C(C)CC)c3ccccc3-4)c3cc(C)ccc3-c3ccc(-c4ccc(N(c5ccc(-c6ccc(N(c7ccc(C)cc7)c7ccc(C(C)(C)C)cc7)cc6)cc5)c5ccc(C(C)(C)C)cc5)cc4)cc32)cc1OCC(C)CC. The molecule has 0 aliphatic heterocycles. The van der Waals surface area contributed by atoms with E-state index in [1.54, 1.807) is 0 Å². The topological polar surface area (TPSA) is 24.9 Å². The number of aryl methyl sites for hydroxylation is 2. The van der Waals surface area contributed by atoms with Crippen molar-refractivity contribution in [3.8, 4) is 56.0 Å². The van der Waals surface area contributed by atoms with Crippen molar-refractivity contribution in [1.82, 2.24) is 0 Å². The Bertz CT molecular complexity index is 4700. The van der Waals surface area contributed by atoms with E-state index < -0.39 is 5.41 Å². The Morgan fingerprint density at radius 2 is 0.723 bits per heavy atom. The zero-order chi connectivity index (χ0) is 71.1. The zero-order valence-electron chi connectivity index (χ0n) is 63.1. The number of hydrogen-bond donors (Lipinski definition) is 0. The summed E-state index contributed by atoms with van der Waals surface area (Å²) in [6, 6.07) is 93.0. The predicted octanol–water partition coefficient (Wildman–Crippen LogP) is 27.1. The molecule has 101 heavy (non-hydrogen) atoms. The van der Waals surface area contributed by atoms with Crippen molar-refractivity contribution in [2.24, 2.45) is 23.7 Å². The van der Waals surface area contributed by atoms with Crippen molar-refractivity contribution < 1.29 is 9.47 Å². The van der Waals surface area contributed by atoms with Crippen LogP contribution in [0.2, 0.25) is 0 Å². The van der Waals surface area contributed by atoms with Crippen molar-refractivity contribution in [2.75, 3.05) is 23.0 Å². The molecule has 2 aliphatic carbocycles.